The molecule has 164 valence electrons. The molecule has 3 nitrogen and oxygen atoms in total. The van der Waals surface area contributed by atoms with E-state index in [1.165, 1.54) is 6.07 Å². The van der Waals surface area contributed by atoms with Crippen molar-refractivity contribution in [3.8, 4) is 11.3 Å². The Hall–Kier alpha value is -3.16. The second-order valence-corrected chi connectivity index (χ2v) is 7.20. The van der Waals surface area contributed by atoms with Gasteiger partial charge in [0.2, 0.25) is 0 Å². The maximum absolute atomic E-state index is 13.8. The number of carbonyl (C=O) groups excluding carboxylic acids is 1. The standard InChI is InChI=1S/C23H21F5N2O/c1-15-20(22(31)29-9-8-23(26,27)28)14-21(17-11-18(24)13-19(25)12-17)30(15)10-7-16-5-3-2-4-6-16/h2-6,11-14H,7-10H2,1H3,(H,29,31). The monoisotopic (exact) mass is 436 g/mol. The van der Waals surface area contributed by atoms with Gasteiger partial charge in [-0.1, -0.05) is 30.3 Å². The molecule has 0 spiro atoms. The Morgan fingerprint density at radius 2 is 1.65 bits per heavy atom. The van der Waals surface area contributed by atoms with Gasteiger partial charge in [-0.25, -0.2) is 8.78 Å². The van der Waals surface area contributed by atoms with E-state index in [0.717, 1.165) is 23.8 Å². The fraction of sp³-hybridized carbons (Fsp3) is 0.261. The second-order valence-electron chi connectivity index (χ2n) is 7.20. The molecular formula is C23H21F5N2O. The number of carbonyl (C=O) groups is 1. The molecule has 0 aliphatic carbocycles. The largest absolute Gasteiger partial charge is 0.390 e. The van der Waals surface area contributed by atoms with E-state index >= 15 is 0 Å². The quantitative estimate of drug-likeness (QED) is 0.476. The number of nitrogens with one attached hydrogen (secondary N) is 1. The molecule has 1 aromatic heterocycles. The zero-order chi connectivity index (χ0) is 22.6. The van der Waals surface area contributed by atoms with E-state index in [9.17, 15) is 26.7 Å². The van der Waals surface area contributed by atoms with Crippen LogP contribution in [0.15, 0.2) is 54.6 Å². The number of alkyl halides is 3. The van der Waals surface area contributed by atoms with Gasteiger partial charge in [0.05, 0.1) is 12.0 Å². The number of amides is 1. The summed E-state index contributed by atoms with van der Waals surface area (Å²) in [7, 11) is 0. The van der Waals surface area contributed by atoms with Gasteiger partial charge >= 0.3 is 6.18 Å². The molecule has 0 aliphatic heterocycles. The van der Waals surface area contributed by atoms with Crippen LogP contribution in [0.1, 0.15) is 28.0 Å². The highest BCUT2D eigenvalue weighted by Crippen LogP contribution is 2.28. The van der Waals surface area contributed by atoms with Gasteiger partial charge in [0.15, 0.2) is 0 Å². The lowest BCUT2D eigenvalue weighted by molar-refractivity contribution is -0.132. The minimum atomic E-state index is -4.38. The third-order valence-corrected chi connectivity index (χ3v) is 4.93. The minimum absolute atomic E-state index is 0.162. The Morgan fingerprint density at radius 1 is 1.00 bits per heavy atom. The van der Waals surface area contributed by atoms with Crippen LogP contribution in [0.2, 0.25) is 0 Å². The van der Waals surface area contributed by atoms with Crippen molar-refractivity contribution in [2.75, 3.05) is 6.54 Å². The van der Waals surface area contributed by atoms with E-state index in [2.05, 4.69) is 5.32 Å². The summed E-state index contributed by atoms with van der Waals surface area (Å²) >= 11 is 0. The molecule has 0 saturated carbocycles. The molecule has 0 fully saturated rings. The summed E-state index contributed by atoms with van der Waals surface area (Å²) in [6.45, 7) is 1.52. The van der Waals surface area contributed by atoms with E-state index < -0.39 is 36.7 Å². The number of aryl methyl sites for hydroxylation is 1. The normalized spacial score (nSPS) is 11.5. The van der Waals surface area contributed by atoms with E-state index in [0.29, 0.717) is 24.4 Å². The fourth-order valence-corrected chi connectivity index (χ4v) is 3.40. The number of nitrogens with zero attached hydrogens (tertiary/aromatic N) is 1. The van der Waals surface area contributed by atoms with E-state index in [1.807, 2.05) is 30.3 Å². The SMILES string of the molecule is Cc1c(C(=O)NCCC(F)(F)F)cc(-c2cc(F)cc(F)c2)n1CCc1ccccc1. The molecule has 8 heteroatoms. The Kier molecular flexibility index (Phi) is 6.77. The summed E-state index contributed by atoms with van der Waals surface area (Å²) in [4.78, 5) is 12.5. The molecule has 0 bridgehead atoms. The number of aromatic nitrogens is 1. The maximum Gasteiger partial charge on any atom is 0.390 e. The van der Waals surface area contributed by atoms with E-state index in [-0.39, 0.29) is 11.1 Å². The Labute approximate surface area is 176 Å². The molecular weight excluding hydrogens is 415 g/mol. The summed E-state index contributed by atoms with van der Waals surface area (Å²) in [5.74, 6) is -2.20. The summed E-state index contributed by atoms with van der Waals surface area (Å²) in [6, 6.07) is 14.0. The van der Waals surface area contributed by atoms with Crippen molar-refractivity contribution in [3.05, 3.63) is 83.1 Å². The smallest absolute Gasteiger partial charge is 0.352 e. The van der Waals surface area contributed by atoms with Gasteiger partial charge in [0, 0.05) is 36.1 Å². The number of benzene rings is 2. The Morgan fingerprint density at radius 3 is 2.26 bits per heavy atom. The van der Waals surface area contributed by atoms with Gasteiger partial charge in [0.1, 0.15) is 11.6 Å². The van der Waals surface area contributed by atoms with Gasteiger partial charge in [-0.2, -0.15) is 13.2 Å². The van der Waals surface area contributed by atoms with Crippen molar-refractivity contribution < 1.29 is 26.7 Å². The molecule has 1 amide bonds. The molecule has 31 heavy (non-hydrogen) atoms. The summed E-state index contributed by atoms with van der Waals surface area (Å²) in [6.07, 6.45) is -4.93. The first-order valence-electron chi connectivity index (χ1n) is 9.69. The first-order chi connectivity index (χ1) is 14.6. The average Bonchev–Trinajstić information content (AvgIpc) is 3.02. The van der Waals surface area contributed by atoms with Crippen molar-refractivity contribution in [3.63, 3.8) is 0 Å². The van der Waals surface area contributed by atoms with Crippen LogP contribution >= 0.6 is 0 Å². The predicted octanol–water partition coefficient (Wildman–Crippen LogP) is 5.67. The molecule has 0 unspecified atom stereocenters. The van der Waals surface area contributed by atoms with Gasteiger partial charge in [0.25, 0.3) is 5.91 Å². The first kappa shape index (κ1) is 22.5. The van der Waals surface area contributed by atoms with Gasteiger partial charge in [-0.3, -0.25) is 4.79 Å². The van der Waals surface area contributed by atoms with Crippen LogP contribution in [0, 0.1) is 18.6 Å². The number of hydrogen-bond donors (Lipinski definition) is 1. The summed E-state index contributed by atoms with van der Waals surface area (Å²) < 4.78 is 66.5. The molecule has 0 aliphatic rings. The highest BCUT2D eigenvalue weighted by Gasteiger charge is 2.27. The molecule has 0 saturated heterocycles. The van der Waals surface area contributed by atoms with E-state index in [1.54, 1.807) is 11.5 Å². The molecule has 3 rings (SSSR count). The number of rotatable bonds is 7. The molecule has 1 N–H and O–H groups in total. The highest BCUT2D eigenvalue weighted by molar-refractivity contribution is 5.97. The lowest BCUT2D eigenvalue weighted by Crippen LogP contribution is -2.28. The van der Waals surface area contributed by atoms with Crippen LogP contribution in [0.3, 0.4) is 0 Å². The van der Waals surface area contributed by atoms with Crippen LogP contribution in [0.5, 0.6) is 0 Å². The third kappa shape index (κ3) is 5.93. The minimum Gasteiger partial charge on any atom is -0.352 e. The summed E-state index contributed by atoms with van der Waals surface area (Å²) in [5, 5.41) is 2.26. The van der Waals surface area contributed by atoms with Crippen molar-refractivity contribution in [2.45, 2.75) is 32.5 Å². The van der Waals surface area contributed by atoms with Gasteiger partial charge in [-0.05, 0) is 37.1 Å². The zero-order valence-electron chi connectivity index (χ0n) is 16.8. The topological polar surface area (TPSA) is 34.0 Å². The van der Waals surface area contributed by atoms with Gasteiger partial charge in [-0.15, -0.1) is 0 Å². The van der Waals surface area contributed by atoms with Crippen LogP contribution < -0.4 is 5.32 Å². The molecule has 3 aromatic rings. The van der Waals surface area contributed by atoms with Crippen LogP contribution in [0.25, 0.3) is 11.3 Å². The number of hydrogen-bond acceptors (Lipinski definition) is 1. The fourth-order valence-electron chi connectivity index (χ4n) is 3.40. The van der Waals surface area contributed by atoms with Crippen molar-refractivity contribution in [2.24, 2.45) is 0 Å². The Bertz CT molecular complexity index is 1040. The third-order valence-electron chi connectivity index (χ3n) is 4.93. The van der Waals surface area contributed by atoms with Crippen molar-refractivity contribution in [1.29, 1.82) is 0 Å². The average molecular weight is 436 g/mol. The highest BCUT2D eigenvalue weighted by atomic mass is 19.4. The van der Waals surface area contributed by atoms with Gasteiger partial charge < -0.3 is 9.88 Å². The lowest BCUT2D eigenvalue weighted by atomic mass is 10.1. The molecule has 0 radical (unpaired) electrons. The number of halogens is 5. The van der Waals surface area contributed by atoms with Crippen LogP contribution in [-0.4, -0.2) is 23.2 Å². The Balaban J connectivity index is 1.93. The predicted molar refractivity (Wildman–Crippen MR) is 108 cm³/mol. The van der Waals surface area contributed by atoms with Crippen LogP contribution in [0.4, 0.5) is 22.0 Å². The summed E-state index contributed by atoms with van der Waals surface area (Å²) in [5.41, 5.74) is 2.34. The zero-order valence-corrected chi connectivity index (χ0v) is 16.8. The second kappa shape index (κ2) is 9.32. The lowest BCUT2D eigenvalue weighted by Gasteiger charge is -2.13. The molecule has 1 heterocycles. The van der Waals surface area contributed by atoms with Crippen molar-refractivity contribution >= 4 is 5.91 Å². The van der Waals surface area contributed by atoms with Crippen molar-refractivity contribution in [1.82, 2.24) is 9.88 Å². The molecule has 0 atom stereocenters. The van der Waals surface area contributed by atoms with E-state index in [4.69, 9.17) is 0 Å². The molecule has 2 aromatic carbocycles. The maximum atomic E-state index is 13.8. The van der Waals surface area contributed by atoms with Crippen LogP contribution in [-0.2, 0) is 13.0 Å². The first-order valence-corrected chi connectivity index (χ1v) is 9.69.